The molecular weight excluding hydrogens is 430 g/mol. The van der Waals surface area contributed by atoms with E-state index in [1.807, 2.05) is 36.9 Å². The van der Waals surface area contributed by atoms with E-state index in [4.69, 9.17) is 9.26 Å². The smallest absolute Gasteiger partial charge is 0.258 e. The number of benzene rings is 2. The van der Waals surface area contributed by atoms with Gasteiger partial charge in [-0.25, -0.2) is 0 Å². The van der Waals surface area contributed by atoms with Gasteiger partial charge < -0.3 is 19.5 Å². The molecule has 1 atom stereocenters. The maximum atomic E-state index is 11.9. The van der Waals surface area contributed by atoms with Crippen LogP contribution < -0.4 is 10.1 Å². The Balaban J connectivity index is 1.33. The molecule has 1 fully saturated rings. The normalized spacial score (nSPS) is 16.4. The highest BCUT2D eigenvalue weighted by Crippen LogP contribution is 2.38. The van der Waals surface area contributed by atoms with Crippen LogP contribution in [0.1, 0.15) is 42.9 Å². The summed E-state index contributed by atoms with van der Waals surface area (Å²) in [5.41, 5.74) is 4.58. The zero-order chi connectivity index (χ0) is 23.7. The first kappa shape index (κ1) is 22.1. The molecule has 8 heteroatoms. The van der Waals surface area contributed by atoms with Gasteiger partial charge in [0.05, 0.1) is 18.2 Å². The maximum absolute atomic E-state index is 11.9. The summed E-state index contributed by atoms with van der Waals surface area (Å²) in [4.78, 5) is 18.4. The van der Waals surface area contributed by atoms with E-state index < -0.39 is 0 Å². The van der Waals surface area contributed by atoms with Crippen molar-refractivity contribution in [2.45, 2.75) is 38.7 Å². The molecule has 1 unspecified atom stereocenters. The first-order valence-electron chi connectivity index (χ1n) is 11.7. The number of nitrogens with zero attached hydrogens (tertiary/aromatic N) is 4. The average molecular weight is 458 g/mol. The van der Waals surface area contributed by atoms with E-state index in [0.29, 0.717) is 41.1 Å². The summed E-state index contributed by atoms with van der Waals surface area (Å²) in [5, 5.41) is 17.1. The van der Waals surface area contributed by atoms with Crippen molar-refractivity contribution in [3.05, 3.63) is 53.1 Å². The second kappa shape index (κ2) is 9.27. The molecule has 0 saturated carbocycles. The number of amides is 1. The van der Waals surface area contributed by atoms with Crippen LogP contribution in [0.15, 0.2) is 40.9 Å². The lowest BCUT2D eigenvalue weighted by molar-refractivity contribution is -0.124. The summed E-state index contributed by atoms with van der Waals surface area (Å²) < 4.78 is 11.3. The van der Waals surface area contributed by atoms with Gasteiger partial charge in [-0.3, -0.25) is 4.79 Å². The number of fused-ring (bicyclic) bond motifs is 1. The van der Waals surface area contributed by atoms with E-state index in [1.165, 1.54) is 11.1 Å². The highest BCUT2D eigenvalue weighted by molar-refractivity contribution is 5.80. The third kappa shape index (κ3) is 4.52. The Bertz CT molecular complexity index is 1260. The number of carbonyl (C=O) groups is 1. The largest absolute Gasteiger partial charge is 0.490 e. The molecule has 2 heterocycles. The molecule has 0 radical (unpaired) electrons. The molecule has 2 aliphatic rings. The van der Waals surface area contributed by atoms with E-state index >= 15 is 0 Å². The van der Waals surface area contributed by atoms with E-state index in [1.54, 1.807) is 12.1 Å². The molecule has 1 saturated heterocycles. The zero-order valence-electron chi connectivity index (χ0n) is 19.4. The molecular formula is C26H27N5O3. The fourth-order valence-electron chi connectivity index (χ4n) is 4.48. The van der Waals surface area contributed by atoms with Gasteiger partial charge in [-0.15, -0.1) is 0 Å². The molecule has 8 nitrogen and oxygen atoms in total. The quantitative estimate of drug-likeness (QED) is 0.516. The minimum Gasteiger partial charge on any atom is -0.490 e. The first-order valence-corrected chi connectivity index (χ1v) is 11.7. The molecule has 1 N–H and O–H groups in total. The Kier molecular flexibility index (Phi) is 6.03. The summed E-state index contributed by atoms with van der Waals surface area (Å²) in [6, 6.07) is 13.7. The van der Waals surface area contributed by atoms with Crippen molar-refractivity contribution in [3.63, 3.8) is 0 Å². The van der Waals surface area contributed by atoms with Crippen LogP contribution in [0.3, 0.4) is 0 Å². The van der Waals surface area contributed by atoms with Gasteiger partial charge in [-0.05, 0) is 61.9 Å². The number of nitrogens with one attached hydrogen (secondary N) is 1. The number of rotatable bonds is 8. The van der Waals surface area contributed by atoms with Gasteiger partial charge in [0.15, 0.2) is 0 Å². The van der Waals surface area contributed by atoms with E-state index in [2.05, 4.69) is 27.6 Å². The van der Waals surface area contributed by atoms with E-state index in [-0.39, 0.29) is 12.0 Å². The van der Waals surface area contributed by atoms with Crippen LogP contribution >= 0.6 is 0 Å². The average Bonchev–Trinajstić information content (AvgIpc) is 3.43. The van der Waals surface area contributed by atoms with Gasteiger partial charge in [0.1, 0.15) is 11.8 Å². The molecule has 1 aliphatic heterocycles. The second-order valence-corrected chi connectivity index (χ2v) is 9.03. The first-order chi connectivity index (χ1) is 16.5. The van der Waals surface area contributed by atoms with E-state index in [9.17, 15) is 10.1 Å². The molecule has 0 spiro atoms. The van der Waals surface area contributed by atoms with Crippen LogP contribution in [0.5, 0.6) is 5.75 Å². The molecule has 5 rings (SSSR count). The van der Waals surface area contributed by atoms with Gasteiger partial charge in [-0.2, -0.15) is 10.2 Å². The third-order valence-electron chi connectivity index (χ3n) is 6.24. The summed E-state index contributed by atoms with van der Waals surface area (Å²) >= 11 is 0. The Labute approximate surface area is 198 Å². The Morgan fingerprint density at radius 3 is 2.94 bits per heavy atom. The molecule has 1 aromatic heterocycles. The standard InChI is InChI=1S/C26H27N5O3/c1-16(2)33-23-9-7-17(12-19(23)13-27)26-29-25(30-34-26)22-5-3-4-20-18(6-8-21(20)22)14-28-15-24(32)31-10-11-31/h3-5,7,9,12,16,18,28H,6,8,10-11,14-15H2,1-2H3. The van der Waals surface area contributed by atoms with Crippen LogP contribution in [-0.2, 0) is 11.2 Å². The number of nitriles is 1. The Morgan fingerprint density at radius 2 is 2.18 bits per heavy atom. The number of ether oxygens (including phenoxy) is 1. The number of aromatic nitrogens is 2. The summed E-state index contributed by atoms with van der Waals surface area (Å²) in [5.74, 6) is 1.98. The molecule has 1 amide bonds. The monoisotopic (exact) mass is 457 g/mol. The second-order valence-electron chi connectivity index (χ2n) is 9.03. The van der Waals surface area contributed by atoms with Gasteiger partial charge >= 0.3 is 0 Å². The van der Waals surface area contributed by atoms with Crippen molar-refractivity contribution in [3.8, 4) is 34.7 Å². The van der Waals surface area contributed by atoms with E-state index in [0.717, 1.165) is 38.0 Å². The van der Waals surface area contributed by atoms with Crippen molar-refractivity contribution in [1.29, 1.82) is 5.26 Å². The summed E-state index contributed by atoms with van der Waals surface area (Å²) in [6.07, 6.45) is 1.93. The van der Waals surface area contributed by atoms with Gasteiger partial charge in [0.2, 0.25) is 11.7 Å². The number of hydrogen-bond donors (Lipinski definition) is 1. The molecule has 34 heavy (non-hydrogen) atoms. The van der Waals surface area contributed by atoms with Crippen LogP contribution in [-0.4, -0.2) is 53.2 Å². The summed E-state index contributed by atoms with van der Waals surface area (Å²) in [6.45, 7) is 6.78. The van der Waals surface area contributed by atoms with Gasteiger partial charge in [-0.1, -0.05) is 23.4 Å². The van der Waals surface area contributed by atoms with Crippen LogP contribution in [0.2, 0.25) is 0 Å². The van der Waals surface area contributed by atoms with Crippen molar-refractivity contribution < 1.29 is 14.1 Å². The fraction of sp³-hybridized carbons (Fsp3) is 0.385. The van der Waals surface area contributed by atoms with Crippen molar-refractivity contribution in [2.75, 3.05) is 26.2 Å². The highest BCUT2D eigenvalue weighted by atomic mass is 16.5. The molecule has 174 valence electrons. The van der Waals surface area contributed by atoms with Crippen molar-refractivity contribution in [2.24, 2.45) is 0 Å². The lowest BCUT2D eigenvalue weighted by Crippen LogP contribution is -2.30. The Hall–Kier alpha value is -3.70. The van der Waals surface area contributed by atoms with Gasteiger partial charge in [0.25, 0.3) is 5.89 Å². The zero-order valence-corrected chi connectivity index (χ0v) is 19.4. The van der Waals surface area contributed by atoms with Crippen molar-refractivity contribution in [1.82, 2.24) is 20.4 Å². The summed E-state index contributed by atoms with van der Waals surface area (Å²) in [7, 11) is 0. The lowest BCUT2D eigenvalue weighted by atomic mass is 9.98. The molecule has 2 aromatic carbocycles. The minimum absolute atomic E-state index is 0.0244. The lowest BCUT2D eigenvalue weighted by Gasteiger charge is -2.13. The topological polar surface area (TPSA) is 104 Å². The SMILES string of the molecule is CC(C)Oc1ccc(-c2nc(-c3cccc4c3CCC4CNCC(=O)N3CC3)no2)cc1C#N. The predicted octanol–water partition coefficient (Wildman–Crippen LogP) is 3.52. The molecule has 1 aliphatic carbocycles. The fourth-order valence-corrected chi connectivity index (χ4v) is 4.48. The van der Waals surface area contributed by atoms with Gasteiger partial charge in [0, 0.05) is 30.8 Å². The third-order valence-corrected chi connectivity index (χ3v) is 6.24. The minimum atomic E-state index is -0.0244. The van der Waals surface area contributed by atoms with Crippen LogP contribution in [0, 0.1) is 11.3 Å². The van der Waals surface area contributed by atoms with Crippen molar-refractivity contribution >= 4 is 5.91 Å². The maximum Gasteiger partial charge on any atom is 0.258 e. The predicted molar refractivity (Wildman–Crippen MR) is 126 cm³/mol. The molecule has 0 bridgehead atoms. The highest BCUT2D eigenvalue weighted by Gasteiger charge is 2.28. The van der Waals surface area contributed by atoms with Crippen LogP contribution in [0.4, 0.5) is 0 Å². The van der Waals surface area contributed by atoms with Crippen LogP contribution in [0.25, 0.3) is 22.8 Å². The number of hydrogen-bond acceptors (Lipinski definition) is 7. The number of carbonyl (C=O) groups excluding carboxylic acids is 1. The molecule has 3 aromatic rings. The Morgan fingerprint density at radius 1 is 1.32 bits per heavy atom.